The first-order valence-electron chi connectivity index (χ1n) is 13.1. The number of carbonyl (C=O) groups is 2. The average Bonchev–Trinajstić information content (AvgIpc) is 2.89. The molecule has 0 saturated carbocycles. The smallest absolute Gasteiger partial charge is 0.226 e. The second-order valence-electron chi connectivity index (χ2n) is 8.65. The van der Waals surface area contributed by atoms with E-state index in [1.54, 1.807) is 18.2 Å². The van der Waals surface area contributed by atoms with Crippen molar-refractivity contribution >= 4 is 35.3 Å². The first kappa shape index (κ1) is 32.4. The number of carbonyl (C=O) groups excluding carboxylic acids is 2. The number of methoxy groups -OCH3 is 2. The third kappa shape index (κ3) is 13.1. The lowest BCUT2D eigenvalue weighted by Gasteiger charge is -2.23. The molecule has 206 valence electrons. The lowest BCUT2D eigenvalue weighted by Crippen LogP contribution is -2.38. The summed E-state index contributed by atoms with van der Waals surface area (Å²) >= 11 is 3.78. The van der Waals surface area contributed by atoms with Crippen LogP contribution in [0.25, 0.3) is 0 Å². The van der Waals surface area contributed by atoms with E-state index in [0.717, 1.165) is 35.9 Å². The van der Waals surface area contributed by atoms with Crippen molar-refractivity contribution in [3.63, 3.8) is 0 Å². The Morgan fingerprint density at radius 2 is 1.42 bits per heavy atom. The van der Waals surface area contributed by atoms with Crippen molar-refractivity contribution in [1.82, 2.24) is 10.6 Å². The molecule has 0 aliphatic carbocycles. The Balaban J connectivity index is 2.73. The Kier molecular flexibility index (Phi) is 18.5. The van der Waals surface area contributed by atoms with Crippen molar-refractivity contribution in [3.8, 4) is 11.5 Å². The van der Waals surface area contributed by atoms with Crippen LogP contribution in [0.15, 0.2) is 18.2 Å². The molecule has 0 aliphatic heterocycles. The second kappa shape index (κ2) is 20.5. The van der Waals surface area contributed by atoms with Crippen molar-refractivity contribution in [2.24, 2.45) is 5.92 Å². The Bertz CT molecular complexity index is 751. The van der Waals surface area contributed by atoms with Crippen molar-refractivity contribution in [2.45, 2.75) is 64.9 Å². The number of thioether (sulfide) groups is 2. The topological polar surface area (TPSA) is 96.9 Å². The van der Waals surface area contributed by atoms with Crippen molar-refractivity contribution in [2.75, 3.05) is 50.3 Å². The SMILES string of the molecule is CCCCSCCCNC(=O)C[C@@H](C(=O)NCCCSCCCC)[C@H](O)c1ccc(OC)c(OC)c1. The molecule has 9 heteroatoms. The lowest BCUT2D eigenvalue weighted by atomic mass is 9.91. The number of nitrogens with one attached hydrogen (secondary N) is 2. The van der Waals surface area contributed by atoms with Crippen LogP contribution >= 0.6 is 23.5 Å². The number of benzene rings is 1. The molecule has 1 rings (SSSR count). The highest BCUT2D eigenvalue weighted by Crippen LogP contribution is 2.33. The summed E-state index contributed by atoms with van der Waals surface area (Å²) in [6.07, 6.45) is 5.26. The predicted molar refractivity (Wildman–Crippen MR) is 152 cm³/mol. The van der Waals surface area contributed by atoms with E-state index in [1.165, 1.54) is 39.9 Å². The molecule has 7 nitrogen and oxygen atoms in total. The number of hydrogen-bond acceptors (Lipinski definition) is 7. The fraction of sp³-hybridized carbons (Fsp3) is 0.704. The molecule has 36 heavy (non-hydrogen) atoms. The number of aliphatic hydroxyl groups excluding tert-OH is 1. The Morgan fingerprint density at radius 3 is 1.97 bits per heavy atom. The average molecular weight is 543 g/mol. The summed E-state index contributed by atoms with van der Waals surface area (Å²) in [6.45, 7) is 5.43. The molecule has 0 fully saturated rings. The van der Waals surface area contributed by atoms with E-state index in [-0.39, 0.29) is 18.2 Å². The third-order valence-corrected chi connectivity index (χ3v) is 8.02. The van der Waals surface area contributed by atoms with Crippen LogP contribution in [0.3, 0.4) is 0 Å². The van der Waals surface area contributed by atoms with Crippen LogP contribution in [-0.2, 0) is 9.59 Å². The van der Waals surface area contributed by atoms with Gasteiger partial charge in [0.05, 0.1) is 26.2 Å². The Hall–Kier alpha value is -1.58. The van der Waals surface area contributed by atoms with Gasteiger partial charge < -0.3 is 25.2 Å². The van der Waals surface area contributed by atoms with Gasteiger partial charge in [0, 0.05) is 19.5 Å². The fourth-order valence-electron chi connectivity index (χ4n) is 3.50. The zero-order chi connectivity index (χ0) is 26.6. The summed E-state index contributed by atoms with van der Waals surface area (Å²) in [5.41, 5.74) is 0.503. The second-order valence-corrected chi connectivity index (χ2v) is 11.1. The molecule has 0 spiro atoms. The van der Waals surface area contributed by atoms with E-state index >= 15 is 0 Å². The number of rotatable bonds is 21. The molecule has 0 heterocycles. The van der Waals surface area contributed by atoms with Gasteiger partial charge in [-0.25, -0.2) is 0 Å². The molecule has 0 aromatic heterocycles. The Morgan fingerprint density at radius 1 is 0.861 bits per heavy atom. The van der Waals surface area contributed by atoms with Gasteiger partial charge in [0.25, 0.3) is 0 Å². The molecule has 1 aromatic rings. The summed E-state index contributed by atoms with van der Waals surface area (Å²) in [7, 11) is 3.06. The van der Waals surface area contributed by atoms with E-state index in [4.69, 9.17) is 9.47 Å². The molecule has 1 aromatic carbocycles. The van der Waals surface area contributed by atoms with Crippen LogP contribution in [0, 0.1) is 5.92 Å². The fourth-order valence-corrected chi connectivity index (χ4v) is 5.60. The zero-order valence-electron chi connectivity index (χ0n) is 22.5. The molecule has 2 amide bonds. The summed E-state index contributed by atoms with van der Waals surface area (Å²) in [5.74, 6) is 3.77. The maximum Gasteiger partial charge on any atom is 0.226 e. The minimum Gasteiger partial charge on any atom is -0.493 e. The van der Waals surface area contributed by atoms with Crippen molar-refractivity contribution in [1.29, 1.82) is 0 Å². The van der Waals surface area contributed by atoms with Crippen molar-refractivity contribution in [3.05, 3.63) is 23.8 Å². The van der Waals surface area contributed by atoms with Gasteiger partial charge in [0.2, 0.25) is 11.8 Å². The largest absolute Gasteiger partial charge is 0.493 e. The molecule has 0 bridgehead atoms. The summed E-state index contributed by atoms with van der Waals surface area (Å²) in [6, 6.07) is 5.04. The first-order chi connectivity index (χ1) is 17.5. The summed E-state index contributed by atoms with van der Waals surface area (Å²) in [5, 5.41) is 17.0. The molecule has 0 radical (unpaired) electrons. The van der Waals surface area contributed by atoms with Crippen molar-refractivity contribution < 1.29 is 24.2 Å². The van der Waals surface area contributed by atoms with E-state index in [1.807, 2.05) is 23.5 Å². The lowest BCUT2D eigenvalue weighted by molar-refractivity contribution is -0.134. The quantitative estimate of drug-likeness (QED) is 0.192. The number of aliphatic hydroxyl groups is 1. The summed E-state index contributed by atoms with van der Waals surface area (Å²) in [4.78, 5) is 25.7. The molecular weight excluding hydrogens is 496 g/mol. The van der Waals surface area contributed by atoms with E-state index < -0.39 is 12.0 Å². The highest BCUT2D eigenvalue weighted by Gasteiger charge is 2.31. The summed E-state index contributed by atoms with van der Waals surface area (Å²) < 4.78 is 10.6. The highest BCUT2D eigenvalue weighted by atomic mass is 32.2. The first-order valence-corrected chi connectivity index (χ1v) is 15.4. The number of hydrogen-bond donors (Lipinski definition) is 3. The van der Waals surface area contributed by atoms with Gasteiger partial charge in [-0.15, -0.1) is 0 Å². The van der Waals surface area contributed by atoms with Gasteiger partial charge in [0.1, 0.15) is 0 Å². The molecule has 2 atom stereocenters. The molecule has 3 N–H and O–H groups in total. The number of ether oxygens (including phenoxy) is 2. The molecule has 0 saturated heterocycles. The van der Waals surface area contributed by atoms with Crippen LogP contribution in [-0.4, -0.2) is 67.2 Å². The standard InChI is InChI=1S/C27H46N2O5S2/c1-5-7-15-35-17-9-13-28-25(30)20-22(27(32)29-14-10-18-36-16-8-6-2)26(31)21-11-12-23(33-3)24(19-21)34-4/h11-12,19,22,26,31H,5-10,13-18,20H2,1-4H3,(H,28,30)(H,29,32)/t22-,26-/m1/s1. The Labute approximate surface area is 226 Å². The van der Waals surface area contributed by atoms with Gasteiger partial charge in [-0.2, -0.15) is 23.5 Å². The number of amides is 2. The highest BCUT2D eigenvalue weighted by molar-refractivity contribution is 7.99. The van der Waals surface area contributed by atoms with Gasteiger partial charge in [-0.3, -0.25) is 9.59 Å². The van der Waals surface area contributed by atoms with Crippen LogP contribution in [0.1, 0.15) is 70.5 Å². The van der Waals surface area contributed by atoms with E-state index in [9.17, 15) is 14.7 Å². The third-order valence-electron chi connectivity index (χ3n) is 5.71. The normalized spacial score (nSPS) is 12.6. The van der Waals surface area contributed by atoms with Gasteiger partial charge in [-0.1, -0.05) is 32.8 Å². The minimum absolute atomic E-state index is 0.0877. The van der Waals surface area contributed by atoms with Gasteiger partial charge in [0.15, 0.2) is 11.5 Å². The monoisotopic (exact) mass is 542 g/mol. The van der Waals surface area contributed by atoms with Crippen LogP contribution in [0.4, 0.5) is 0 Å². The van der Waals surface area contributed by atoms with E-state index in [0.29, 0.717) is 30.2 Å². The molecule has 0 aliphatic rings. The van der Waals surface area contributed by atoms with Crippen LogP contribution < -0.4 is 20.1 Å². The predicted octanol–water partition coefficient (Wildman–Crippen LogP) is 4.82. The maximum absolute atomic E-state index is 13.1. The number of unbranched alkanes of at least 4 members (excludes halogenated alkanes) is 2. The molecule has 0 unspecified atom stereocenters. The zero-order valence-corrected chi connectivity index (χ0v) is 24.1. The maximum atomic E-state index is 13.1. The molecular formula is C27H46N2O5S2. The van der Waals surface area contributed by atoms with E-state index in [2.05, 4.69) is 24.5 Å². The van der Waals surface area contributed by atoms with Crippen LogP contribution in [0.5, 0.6) is 11.5 Å². The van der Waals surface area contributed by atoms with Gasteiger partial charge >= 0.3 is 0 Å². The minimum atomic E-state index is -1.15. The van der Waals surface area contributed by atoms with Crippen LogP contribution in [0.2, 0.25) is 0 Å². The van der Waals surface area contributed by atoms with Gasteiger partial charge in [-0.05, 0) is 66.4 Å².